The molecule has 0 fully saturated rings. The molecule has 0 bridgehead atoms. The number of benzene rings is 8. The third-order valence-electron chi connectivity index (χ3n) is 14.8. The van der Waals surface area contributed by atoms with Crippen LogP contribution in [0, 0.1) is 62.3 Å². The van der Waals surface area contributed by atoms with Crippen molar-refractivity contribution in [1.82, 2.24) is 4.48 Å². The van der Waals surface area contributed by atoms with Gasteiger partial charge in [0.15, 0.2) is 0 Å². The molecule has 5 heterocycles. The number of aryl methyl sites for hydroxylation is 9. The molecular weight excluding hydrogens is 820 g/mol. The Hall–Kier alpha value is -7.08. The van der Waals surface area contributed by atoms with Crippen LogP contribution in [0.5, 0.6) is 0 Å². The summed E-state index contributed by atoms with van der Waals surface area (Å²) in [6.07, 6.45) is 0. The van der Waals surface area contributed by atoms with Gasteiger partial charge in [0.05, 0.1) is 16.6 Å². The Balaban J connectivity index is 1.14. The summed E-state index contributed by atoms with van der Waals surface area (Å²) in [6.45, 7) is 20.1. The van der Waals surface area contributed by atoms with Crippen molar-refractivity contribution in [2.75, 3.05) is 4.90 Å². The van der Waals surface area contributed by atoms with Crippen LogP contribution >= 0.6 is 11.3 Å². The van der Waals surface area contributed by atoms with Crippen LogP contribution in [0.15, 0.2) is 137 Å². The van der Waals surface area contributed by atoms with E-state index < -0.39 is 0 Å². The fourth-order valence-corrected chi connectivity index (χ4v) is 13.8. The standard InChI is InChI=1S/C61H49BN2OS/c1-32-21-35(4)54(36(5)22-32)41-13-12-14-44(27-41)63-51-29-43(56-39(8)25-34(3)26-40(56)9)17-19-49(51)62-58-52(63)31-66-61(58)48-30-46-45-15-10-11-16-53(45)65-60(46)57-47-28-42(18-20-50(47)64(62)59(48)57)55-37(6)23-33(2)24-38(55)7/h10-31H,1-9H3. The molecule has 3 nitrogen and oxygen atoms in total. The topological polar surface area (TPSA) is 21.3 Å². The summed E-state index contributed by atoms with van der Waals surface area (Å²) in [5, 5.41) is 7.18. The molecule has 0 N–H and O–H groups in total. The Morgan fingerprint density at radius 2 is 1.09 bits per heavy atom. The lowest BCUT2D eigenvalue weighted by Gasteiger charge is -2.38. The Bertz CT molecular complexity index is 3880. The number of furan rings is 1. The number of thiophene rings is 1. The third kappa shape index (κ3) is 5.44. The normalized spacial score (nSPS) is 12.9. The summed E-state index contributed by atoms with van der Waals surface area (Å²) >= 11 is 1.89. The summed E-state index contributed by atoms with van der Waals surface area (Å²) < 4.78 is 9.67. The van der Waals surface area contributed by atoms with Crippen molar-refractivity contribution < 1.29 is 4.42 Å². The minimum Gasteiger partial charge on any atom is -0.455 e. The van der Waals surface area contributed by atoms with Crippen LogP contribution in [-0.4, -0.2) is 11.3 Å². The van der Waals surface area contributed by atoms with Gasteiger partial charge in [-0.1, -0.05) is 102 Å². The van der Waals surface area contributed by atoms with Gasteiger partial charge in [-0.2, -0.15) is 0 Å². The number of hydrogen-bond acceptors (Lipinski definition) is 3. The zero-order chi connectivity index (χ0) is 45.0. The van der Waals surface area contributed by atoms with Gasteiger partial charge < -0.3 is 13.8 Å². The Morgan fingerprint density at radius 3 is 1.74 bits per heavy atom. The van der Waals surface area contributed by atoms with E-state index in [2.05, 4.69) is 204 Å². The van der Waals surface area contributed by atoms with Crippen molar-refractivity contribution in [1.29, 1.82) is 0 Å². The number of nitrogens with zero attached hydrogens (tertiary/aromatic N) is 2. The highest BCUT2D eigenvalue weighted by atomic mass is 32.1. The third-order valence-corrected chi connectivity index (χ3v) is 15.8. The van der Waals surface area contributed by atoms with E-state index in [1.165, 1.54) is 149 Å². The lowest BCUT2D eigenvalue weighted by molar-refractivity contribution is 0.673. The van der Waals surface area contributed by atoms with Crippen LogP contribution in [0.25, 0.3) is 87.6 Å². The predicted octanol–water partition coefficient (Wildman–Crippen LogP) is 15.9. The van der Waals surface area contributed by atoms with Crippen molar-refractivity contribution in [3.63, 3.8) is 0 Å². The van der Waals surface area contributed by atoms with Crippen molar-refractivity contribution in [3.05, 3.63) is 183 Å². The maximum Gasteiger partial charge on any atom is 0.333 e. The quantitative estimate of drug-likeness (QED) is 0.164. The van der Waals surface area contributed by atoms with Crippen LogP contribution in [0.1, 0.15) is 50.1 Å². The zero-order valence-corrected chi connectivity index (χ0v) is 39.8. The molecule has 0 radical (unpaired) electrons. The zero-order valence-electron chi connectivity index (χ0n) is 39.0. The molecule has 8 aromatic carbocycles. The highest BCUT2D eigenvalue weighted by Gasteiger charge is 2.44. The van der Waals surface area contributed by atoms with Gasteiger partial charge in [0.1, 0.15) is 11.2 Å². The second kappa shape index (κ2) is 14.0. The second-order valence-corrected chi connectivity index (χ2v) is 20.4. The van der Waals surface area contributed by atoms with Gasteiger partial charge >= 0.3 is 6.85 Å². The molecule has 0 saturated heterocycles. The van der Waals surface area contributed by atoms with E-state index in [4.69, 9.17) is 4.42 Å². The maximum atomic E-state index is 6.99. The molecule has 66 heavy (non-hydrogen) atoms. The van der Waals surface area contributed by atoms with Crippen molar-refractivity contribution >= 4 is 89.9 Å². The SMILES string of the molecule is Cc1cc(C)c(-c2cccc(N3c4cc(-c5c(C)cc(C)cc5C)ccc4B4c5c3csc5-c3cc5c6ccccc6oc5c5c6cc(-c7c(C)cc(C)cc7C)ccc6n4c35)c2)c(C)c1. The smallest absolute Gasteiger partial charge is 0.333 e. The molecule has 0 spiro atoms. The molecule has 0 unspecified atom stereocenters. The first-order valence-electron chi connectivity index (χ1n) is 23.3. The van der Waals surface area contributed by atoms with Crippen LogP contribution < -0.4 is 15.8 Å². The fraction of sp³-hybridized carbons (Fsp3) is 0.148. The van der Waals surface area contributed by atoms with E-state index in [9.17, 15) is 0 Å². The first kappa shape index (κ1) is 39.3. The molecule has 13 rings (SSSR count). The van der Waals surface area contributed by atoms with Gasteiger partial charge in [-0.25, -0.2) is 0 Å². The molecular formula is C61H49BN2OS. The minimum absolute atomic E-state index is 0.0606. The van der Waals surface area contributed by atoms with Gasteiger partial charge in [0, 0.05) is 48.9 Å². The van der Waals surface area contributed by atoms with Crippen LogP contribution in [0.2, 0.25) is 0 Å². The Morgan fingerprint density at radius 1 is 0.500 bits per heavy atom. The number of para-hydroxylation sites is 1. The summed E-state index contributed by atoms with van der Waals surface area (Å²) in [4.78, 5) is 3.91. The molecule has 3 aromatic heterocycles. The number of rotatable bonds is 4. The molecule has 0 saturated carbocycles. The van der Waals surface area contributed by atoms with E-state index in [1.54, 1.807) is 0 Å². The van der Waals surface area contributed by atoms with Gasteiger partial charge in [0.2, 0.25) is 0 Å². The van der Waals surface area contributed by atoms with Crippen molar-refractivity contribution in [3.8, 4) is 43.8 Å². The average Bonchev–Trinajstić information content (AvgIpc) is 3.97. The second-order valence-electron chi connectivity index (χ2n) is 19.5. The minimum atomic E-state index is -0.0606. The van der Waals surface area contributed by atoms with Crippen molar-refractivity contribution in [2.45, 2.75) is 62.3 Å². The van der Waals surface area contributed by atoms with E-state index >= 15 is 0 Å². The van der Waals surface area contributed by atoms with Gasteiger partial charge in [-0.05, 0) is 182 Å². The van der Waals surface area contributed by atoms with E-state index in [0.29, 0.717) is 0 Å². The highest BCUT2D eigenvalue weighted by Crippen LogP contribution is 2.52. The summed E-state index contributed by atoms with van der Waals surface area (Å²) in [5.74, 6) is 0. The monoisotopic (exact) mass is 868 g/mol. The van der Waals surface area contributed by atoms with Crippen LogP contribution in [0.4, 0.5) is 17.1 Å². The molecule has 0 amide bonds. The van der Waals surface area contributed by atoms with E-state index in [1.807, 2.05) is 11.3 Å². The molecule has 0 aliphatic carbocycles. The number of fused-ring (bicyclic) bond motifs is 11. The Labute approximate surface area is 390 Å². The van der Waals surface area contributed by atoms with Gasteiger partial charge in [0.25, 0.3) is 0 Å². The van der Waals surface area contributed by atoms with Crippen molar-refractivity contribution in [2.24, 2.45) is 0 Å². The lowest BCUT2D eigenvalue weighted by atomic mass is 9.46. The summed E-state index contributed by atoms with van der Waals surface area (Å²) in [6, 6.07) is 48.7. The molecule has 2 aliphatic heterocycles. The van der Waals surface area contributed by atoms with E-state index in [0.717, 1.165) is 16.6 Å². The molecule has 2 aliphatic rings. The van der Waals surface area contributed by atoms with Gasteiger partial charge in [-0.15, -0.1) is 11.3 Å². The molecule has 5 heteroatoms. The Kier molecular flexibility index (Phi) is 8.32. The largest absolute Gasteiger partial charge is 0.455 e. The molecule has 0 atom stereocenters. The predicted molar refractivity (Wildman–Crippen MR) is 284 cm³/mol. The number of hydrogen-bond donors (Lipinski definition) is 0. The maximum absolute atomic E-state index is 6.99. The van der Waals surface area contributed by atoms with Gasteiger partial charge in [-0.3, -0.25) is 0 Å². The lowest BCUT2D eigenvalue weighted by Crippen LogP contribution is -2.55. The molecule has 318 valence electrons. The molecule has 11 aromatic rings. The summed E-state index contributed by atoms with van der Waals surface area (Å²) in [5.41, 5.74) is 31.3. The summed E-state index contributed by atoms with van der Waals surface area (Å²) in [7, 11) is 0. The fourth-order valence-electron chi connectivity index (χ4n) is 12.7. The van der Waals surface area contributed by atoms with Crippen LogP contribution in [0.3, 0.4) is 0 Å². The average molecular weight is 869 g/mol. The van der Waals surface area contributed by atoms with Crippen LogP contribution in [-0.2, 0) is 0 Å². The van der Waals surface area contributed by atoms with E-state index in [-0.39, 0.29) is 6.85 Å². The first-order valence-corrected chi connectivity index (χ1v) is 24.1. The number of anilines is 3. The first-order chi connectivity index (χ1) is 31.9. The highest BCUT2D eigenvalue weighted by molar-refractivity contribution is 7.17. The number of aromatic nitrogens is 1.